The molecule has 1 unspecified atom stereocenters. The Kier molecular flexibility index (Phi) is 4.69. The maximum atomic E-state index is 12.2. The summed E-state index contributed by atoms with van der Waals surface area (Å²) in [6.45, 7) is 5.69. The SMILES string of the molecule is CCNc1ncccc1C(=O)NCC1(C)CCCS1. The van der Waals surface area contributed by atoms with Crippen LogP contribution in [0.3, 0.4) is 0 Å². The molecule has 0 bridgehead atoms. The number of anilines is 1. The summed E-state index contributed by atoms with van der Waals surface area (Å²) in [5.41, 5.74) is 0.621. The highest BCUT2D eigenvalue weighted by molar-refractivity contribution is 8.00. The lowest BCUT2D eigenvalue weighted by Gasteiger charge is -2.23. The summed E-state index contributed by atoms with van der Waals surface area (Å²) in [4.78, 5) is 16.4. The van der Waals surface area contributed by atoms with Crippen molar-refractivity contribution in [1.82, 2.24) is 10.3 Å². The number of thioether (sulfide) groups is 1. The number of carbonyl (C=O) groups excluding carboxylic acids is 1. The lowest BCUT2D eigenvalue weighted by molar-refractivity contribution is 0.0950. The van der Waals surface area contributed by atoms with Crippen LogP contribution in [0.2, 0.25) is 0 Å². The zero-order chi connectivity index (χ0) is 13.7. The number of nitrogens with zero attached hydrogens (tertiary/aromatic N) is 1. The van der Waals surface area contributed by atoms with Gasteiger partial charge in [0.15, 0.2) is 0 Å². The monoisotopic (exact) mass is 279 g/mol. The van der Waals surface area contributed by atoms with E-state index in [-0.39, 0.29) is 10.7 Å². The van der Waals surface area contributed by atoms with Crippen LogP contribution in [0.1, 0.15) is 37.0 Å². The lowest BCUT2D eigenvalue weighted by atomic mass is 10.1. The fraction of sp³-hybridized carbons (Fsp3) is 0.571. The summed E-state index contributed by atoms with van der Waals surface area (Å²) in [6.07, 6.45) is 4.11. The van der Waals surface area contributed by atoms with Gasteiger partial charge in [0.1, 0.15) is 5.82 Å². The molecule has 2 N–H and O–H groups in total. The lowest BCUT2D eigenvalue weighted by Crippen LogP contribution is -2.37. The first-order valence-electron chi connectivity index (χ1n) is 6.76. The van der Waals surface area contributed by atoms with Gasteiger partial charge in [-0.25, -0.2) is 4.98 Å². The summed E-state index contributed by atoms with van der Waals surface area (Å²) in [5.74, 6) is 1.81. The van der Waals surface area contributed by atoms with Crippen molar-refractivity contribution in [2.45, 2.75) is 31.4 Å². The second-order valence-corrected chi connectivity index (χ2v) is 6.70. The third-order valence-corrected chi connectivity index (χ3v) is 4.86. The van der Waals surface area contributed by atoms with Crippen molar-refractivity contribution in [2.24, 2.45) is 0 Å². The average Bonchev–Trinajstić information content (AvgIpc) is 2.85. The summed E-state index contributed by atoms with van der Waals surface area (Å²) in [6, 6.07) is 3.60. The van der Waals surface area contributed by atoms with Crippen molar-refractivity contribution in [3.8, 4) is 0 Å². The first-order valence-corrected chi connectivity index (χ1v) is 7.74. The van der Waals surface area contributed by atoms with Crippen LogP contribution in [0.25, 0.3) is 0 Å². The molecule has 0 aromatic carbocycles. The van der Waals surface area contributed by atoms with E-state index in [1.807, 2.05) is 24.8 Å². The molecule has 19 heavy (non-hydrogen) atoms. The van der Waals surface area contributed by atoms with Gasteiger partial charge >= 0.3 is 0 Å². The van der Waals surface area contributed by atoms with Gasteiger partial charge in [-0.15, -0.1) is 0 Å². The van der Waals surface area contributed by atoms with Gasteiger partial charge in [0.05, 0.1) is 5.56 Å². The minimum absolute atomic E-state index is 0.0437. The van der Waals surface area contributed by atoms with Gasteiger partial charge in [0.2, 0.25) is 0 Å². The second-order valence-electron chi connectivity index (χ2n) is 5.01. The van der Waals surface area contributed by atoms with Gasteiger partial charge in [0.25, 0.3) is 5.91 Å². The fourth-order valence-corrected chi connectivity index (χ4v) is 3.48. The van der Waals surface area contributed by atoms with Gasteiger partial charge in [0, 0.05) is 24.0 Å². The second kappa shape index (κ2) is 6.28. The zero-order valence-electron chi connectivity index (χ0n) is 11.5. The molecule has 1 aliphatic heterocycles. The van der Waals surface area contributed by atoms with Crippen molar-refractivity contribution in [3.63, 3.8) is 0 Å². The van der Waals surface area contributed by atoms with Gasteiger partial charge in [-0.1, -0.05) is 0 Å². The number of hydrogen-bond donors (Lipinski definition) is 2. The van der Waals surface area contributed by atoms with Gasteiger partial charge in [-0.3, -0.25) is 4.79 Å². The number of carbonyl (C=O) groups is 1. The zero-order valence-corrected chi connectivity index (χ0v) is 12.3. The molecule has 1 saturated heterocycles. The molecule has 0 aliphatic carbocycles. The summed E-state index contributed by atoms with van der Waals surface area (Å²) >= 11 is 1.95. The Morgan fingerprint density at radius 2 is 2.42 bits per heavy atom. The topological polar surface area (TPSA) is 54.0 Å². The predicted octanol–water partition coefficient (Wildman–Crippen LogP) is 2.53. The average molecular weight is 279 g/mol. The smallest absolute Gasteiger partial charge is 0.255 e. The minimum atomic E-state index is -0.0437. The van der Waals surface area contributed by atoms with E-state index in [2.05, 4.69) is 22.5 Å². The molecule has 2 rings (SSSR count). The Hall–Kier alpha value is -1.23. The van der Waals surface area contributed by atoms with Gasteiger partial charge < -0.3 is 10.6 Å². The first kappa shape index (κ1) is 14.2. The number of rotatable bonds is 5. The molecule has 104 valence electrons. The summed E-state index contributed by atoms with van der Waals surface area (Å²) < 4.78 is 0.191. The molecule has 1 atom stereocenters. The molecule has 4 nitrogen and oxygen atoms in total. The van der Waals surface area contributed by atoms with Crippen LogP contribution < -0.4 is 10.6 Å². The van der Waals surface area contributed by atoms with E-state index in [1.165, 1.54) is 18.6 Å². The molecule has 1 fully saturated rings. The highest BCUT2D eigenvalue weighted by Gasteiger charge is 2.30. The van der Waals surface area contributed by atoms with E-state index < -0.39 is 0 Å². The van der Waals surface area contributed by atoms with E-state index >= 15 is 0 Å². The van der Waals surface area contributed by atoms with Crippen LogP contribution in [-0.4, -0.2) is 34.5 Å². The van der Waals surface area contributed by atoms with Crippen LogP contribution in [0.5, 0.6) is 0 Å². The molecule has 2 heterocycles. The van der Waals surface area contributed by atoms with E-state index in [1.54, 1.807) is 12.3 Å². The van der Waals surface area contributed by atoms with Crippen molar-refractivity contribution < 1.29 is 4.79 Å². The Bertz CT molecular complexity index is 444. The largest absolute Gasteiger partial charge is 0.370 e. The van der Waals surface area contributed by atoms with Crippen molar-refractivity contribution >= 4 is 23.5 Å². The standard InChI is InChI=1S/C14H21N3OS/c1-3-15-12-11(6-4-8-16-12)13(18)17-10-14(2)7-5-9-19-14/h4,6,8H,3,5,7,9-10H2,1-2H3,(H,15,16)(H,17,18). The van der Waals surface area contributed by atoms with Crippen molar-refractivity contribution in [3.05, 3.63) is 23.9 Å². The number of aromatic nitrogens is 1. The summed E-state index contributed by atoms with van der Waals surface area (Å²) in [5, 5.41) is 6.16. The van der Waals surface area contributed by atoms with Crippen LogP contribution in [0.4, 0.5) is 5.82 Å². The van der Waals surface area contributed by atoms with E-state index in [0.29, 0.717) is 11.4 Å². The molecule has 1 aromatic heterocycles. The number of pyridine rings is 1. The molecule has 0 radical (unpaired) electrons. The fourth-order valence-electron chi connectivity index (χ4n) is 2.24. The van der Waals surface area contributed by atoms with E-state index in [4.69, 9.17) is 0 Å². The highest BCUT2D eigenvalue weighted by Crippen LogP contribution is 2.37. The number of hydrogen-bond acceptors (Lipinski definition) is 4. The van der Waals surface area contributed by atoms with Gasteiger partial charge in [-0.05, 0) is 44.6 Å². The summed E-state index contributed by atoms with van der Waals surface area (Å²) in [7, 11) is 0. The van der Waals surface area contributed by atoms with Crippen LogP contribution in [-0.2, 0) is 0 Å². The van der Waals surface area contributed by atoms with Gasteiger partial charge in [-0.2, -0.15) is 11.8 Å². The molecule has 1 aromatic rings. The molecule has 0 spiro atoms. The number of amides is 1. The Labute approximate surface area is 118 Å². The molecular formula is C14H21N3OS. The molecule has 0 saturated carbocycles. The van der Waals surface area contributed by atoms with Crippen LogP contribution in [0.15, 0.2) is 18.3 Å². The maximum absolute atomic E-state index is 12.2. The van der Waals surface area contributed by atoms with E-state index in [9.17, 15) is 4.79 Å². The minimum Gasteiger partial charge on any atom is -0.370 e. The van der Waals surface area contributed by atoms with Crippen molar-refractivity contribution in [1.29, 1.82) is 0 Å². The molecule has 5 heteroatoms. The Morgan fingerprint density at radius 1 is 1.58 bits per heavy atom. The molecule has 1 aliphatic rings. The third-order valence-electron chi connectivity index (χ3n) is 3.32. The Morgan fingerprint density at radius 3 is 3.11 bits per heavy atom. The van der Waals surface area contributed by atoms with E-state index in [0.717, 1.165) is 13.1 Å². The van der Waals surface area contributed by atoms with Crippen LogP contribution >= 0.6 is 11.8 Å². The molecule has 1 amide bonds. The quantitative estimate of drug-likeness (QED) is 0.869. The maximum Gasteiger partial charge on any atom is 0.255 e. The third kappa shape index (κ3) is 3.62. The highest BCUT2D eigenvalue weighted by atomic mass is 32.2. The Balaban J connectivity index is 1.99. The van der Waals surface area contributed by atoms with Crippen LogP contribution in [0, 0.1) is 0 Å². The van der Waals surface area contributed by atoms with Crippen molar-refractivity contribution in [2.75, 3.05) is 24.2 Å². The molecular weight excluding hydrogens is 258 g/mol. The normalized spacial score (nSPS) is 22.2. The number of nitrogens with one attached hydrogen (secondary N) is 2. The predicted molar refractivity (Wildman–Crippen MR) is 80.8 cm³/mol. The first-order chi connectivity index (χ1) is 9.14.